The van der Waals surface area contributed by atoms with Crippen LogP contribution < -0.4 is 5.73 Å². The van der Waals surface area contributed by atoms with Crippen LogP contribution in [0.15, 0.2) is 0 Å². The lowest BCUT2D eigenvalue weighted by Crippen LogP contribution is -2.57. The Morgan fingerprint density at radius 2 is 1.94 bits per heavy atom. The Hall–Kier alpha value is -0.0800. The molecular weight excluding hydrogens is 198 g/mol. The predicted molar refractivity (Wildman–Crippen MR) is 69.2 cm³/mol. The van der Waals surface area contributed by atoms with Crippen LogP contribution in [0.5, 0.6) is 0 Å². The molecule has 3 unspecified atom stereocenters. The summed E-state index contributed by atoms with van der Waals surface area (Å²) in [5, 5.41) is 11.0. The molecule has 1 fully saturated rings. The highest BCUT2D eigenvalue weighted by Crippen LogP contribution is 2.51. The van der Waals surface area contributed by atoms with Gasteiger partial charge in [0.05, 0.1) is 5.60 Å². The summed E-state index contributed by atoms with van der Waals surface area (Å²) < 4.78 is 0. The molecule has 1 aliphatic rings. The van der Waals surface area contributed by atoms with Crippen molar-refractivity contribution in [1.29, 1.82) is 0 Å². The van der Waals surface area contributed by atoms with Crippen molar-refractivity contribution in [2.75, 3.05) is 6.54 Å². The van der Waals surface area contributed by atoms with Gasteiger partial charge in [-0.1, -0.05) is 34.6 Å². The molecule has 1 rings (SSSR count). The Balaban J connectivity index is 2.94. The van der Waals surface area contributed by atoms with Crippen molar-refractivity contribution in [3.05, 3.63) is 0 Å². The summed E-state index contributed by atoms with van der Waals surface area (Å²) in [4.78, 5) is 0. The molecule has 0 radical (unpaired) electrons. The van der Waals surface area contributed by atoms with Crippen LogP contribution in [-0.4, -0.2) is 17.3 Å². The van der Waals surface area contributed by atoms with E-state index in [4.69, 9.17) is 5.73 Å². The van der Waals surface area contributed by atoms with Crippen LogP contribution in [0, 0.1) is 16.7 Å². The monoisotopic (exact) mass is 227 g/mol. The smallest absolute Gasteiger partial charge is 0.0738 e. The molecule has 0 amide bonds. The third-order valence-corrected chi connectivity index (χ3v) is 5.13. The topological polar surface area (TPSA) is 46.2 Å². The van der Waals surface area contributed by atoms with E-state index in [1.807, 2.05) is 0 Å². The van der Waals surface area contributed by atoms with Crippen LogP contribution in [0.1, 0.15) is 60.3 Å². The van der Waals surface area contributed by atoms with Crippen LogP contribution in [0.2, 0.25) is 0 Å². The molecule has 0 aromatic rings. The van der Waals surface area contributed by atoms with Gasteiger partial charge in [-0.05, 0) is 37.0 Å². The van der Waals surface area contributed by atoms with Crippen LogP contribution in [-0.2, 0) is 0 Å². The van der Waals surface area contributed by atoms with E-state index in [-0.39, 0.29) is 5.41 Å². The van der Waals surface area contributed by atoms with Crippen LogP contribution in [0.4, 0.5) is 0 Å². The van der Waals surface area contributed by atoms with Gasteiger partial charge in [-0.15, -0.1) is 0 Å². The lowest BCUT2D eigenvalue weighted by atomic mass is 9.56. The van der Waals surface area contributed by atoms with Crippen molar-refractivity contribution in [1.82, 2.24) is 0 Å². The minimum Gasteiger partial charge on any atom is -0.389 e. The summed E-state index contributed by atoms with van der Waals surface area (Å²) in [6.45, 7) is 11.6. The Morgan fingerprint density at radius 1 is 1.38 bits per heavy atom. The Morgan fingerprint density at radius 3 is 2.31 bits per heavy atom. The molecule has 0 aromatic carbocycles. The van der Waals surface area contributed by atoms with E-state index in [0.717, 1.165) is 25.7 Å². The normalized spacial score (nSPS) is 38.1. The van der Waals surface area contributed by atoms with Crippen molar-refractivity contribution in [2.45, 2.75) is 65.9 Å². The Bertz CT molecular complexity index is 245. The van der Waals surface area contributed by atoms with E-state index >= 15 is 0 Å². The van der Waals surface area contributed by atoms with Gasteiger partial charge in [0.2, 0.25) is 0 Å². The molecule has 2 nitrogen and oxygen atoms in total. The van der Waals surface area contributed by atoms with Crippen molar-refractivity contribution >= 4 is 0 Å². The molecule has 96 valence electrons. The number of hydrogen-bond acceptors (Lipinski definition) is 2. The van der Waals surface area contributed by atoms with Crippen molar-refractivity contribution < 1.29 is 5.11 Å². The molecule has 0 spiro atoms. The van der Waals surface area contributed by atoms with Crippen molar-refractivity contribution in [3.63, 3.8) is 0 Å². The zero-order valence-corrected chi connectivity index (χ0v) is 11.6. The van der Waals surface area contributed by atoms with Gasteiger partial charge in [0, 0.05) is 12.0 Å². The number of hydrogen-bond donors (Lipinski definition) is 2. The summed E-state index contributed by atoms with van der Waals surface area (Å²) >= 11 is 0. The summed E-state index contributed by atoms with van der Waals surface area (Å²) in [6, 6.07) is 0. The van der Waals surface area contributed by atoms with Gasteiger partial charge in [-0.25, -0.2) is 0 Å². The van der Waals surface area contributed by atoms with Crippen molar-refractivity contribution in [2.24, 2.45) is 22.5 Å². The zero-order chi connectivity index (χ0) is 12.6. The molecule has 2 heteroatoms. The van der Waals surface area contributed by atoms with Gasteiger partial charge in [-0.3, -0.25) is 0 Å². The van der Waals surface area contributed by atoms with E-state index in [0.29, 0.717) is 17.9 Å². The quantitative estimate of drug-likeness (QED) is 0.778. The van der Waals surface area contributed by atoms with E-state index in [1.54, 1.807) is 0 Å². The molecule has 0 saturated heterocycles. The van der Waals surface area contributed by atoms with Crippen LogP contribution in [0.3, 0.4) is 0 Å². The van der Waals surface area contributed by atoms with E-state index in [1.165, 1.54) is 0 Å². The first kappa shape index (κ1) is 14.0. The molecule has 0 aromatic heterocycles. The third kappa shape index (κ3) is 2.14. The second-order valence-electron chi connectivity index (χ2n) is 6.81. The van der Waals surface area contributed by atoms with Gasteiger partial charge in [0.1, 0.15) is 0 Å². The second-order valence-corrected chi connectivity index (χ2v) is 6.81. The maximum atomic E-state index is 11.0. The maximum absolute atomic E-state index is 11.0. The standard InChI is InChI=1S/C14H29NO/c1-6-13(5,10-15)14(16)8-7-12(3,4)9-11(14)2/h11,16H,6-10,15H2,1-5H3. The van der Waals surface area contributed by atoms with Gasteiger partial charge in [0.25, 0.3) is 0 Å². The van der Waals surface area contributed by atoms with Crippen LogP contribution >= 0.6 is 0 Å². The molecule has 16 heavy (non-hydrogen) atoms. The zero-order valence-electron chi connectivity index (χ0n) is 11.6. The summed E-state index contributed by atoms with van der Waals surface area (Å²) in [5.74, 6) is 0.338. The van der Waals surface area contributed by atoms with E-state index in [2.05, 4.69) is 34.6 Å². The second kappa shape index (κ2) is 4.30. The molecule has 1 aliphatic carbocycles. The van der Waals surface area contributed by atoms with Gasteiger partial charge >= 0.3 is 0 Å². The molecule has 1 saturated carbocycles. The lowest BCUT2D eigenvalue weighted by Gasteiger charge is -2.54. The molecule has 0 aliphatic heterocycles. The predicted octanol–water partition coefficient (Wildman–Crippen LogP) is 2.94. The lowest BCUT2D eigenvalue weighted by molar-refractivity contribution is -0.152. The largest absolute Gasteiger partial charge is 0.389 e. The highest BCUT2D eigenvalue weighted by molar-refractivity contribution is 5.03. The summed E-state index contributed by atoms with van der Waals surface area (Å²) in [5.41, 5.74) is 5.56. The SMILES string of the molecule is CCC(C)(CN)C1(O)CCC(C)(C)CC1C. The Kier molecular flexibility index (Phi) is 3.76. The fourth-order valence-corrected chi connectivity index (χ4v) is 3.40. The maximum Gasteiger partial charge on any atom is 0.0738 e. The number of aliphatic hydroxyl groups is 1. The molecule has 3 N–H and O–H groups in total. The molecular formula is C14H29NO. The third-order valence-electron chi connectivity index (χ3n) is 5.13. The Labute approximate surface area is 101 Å². The summed E-state index contributed by atoms with van der Waals surface area (Å²) in [6.07, 6.45) is 4.04. The first-order valence-corrected chi connectivity index (χ1v) is 6.63. The average Bonchev–Trinajstić information content (AvgIpc) is 2.22. The van der Waals surface area contributed by atoms with E-state index in [9.17, 15) is 5.11 Å². The summed E-state index contributed by atoms with van der Waals surface area (Å²) in [7, 11) is 0. The molecule has 3 atom stereocenters. The highest BCUT2D eigenvalue weighted by atomic mass is 16.3. The first-order valence-electron chi connectivity index (χ1n) is 6.63. The van der Waals surface area contributed by atoms with Crippen molar-refractivity contribution in [3.8, 4) is 0 Å². The van der Waals surface area contributed by atoms with Crippen LogP contribution in [0.25, 0.3) is 0 Å². The van der Waals surface area contributed by atoms with E-state index < -0.39 is 5.60 Å². The molecule has 0 heterocycles. The first-order chi connectivity index (χ1) is 7.21. The fourth-order valence-electron chi connectivity index (χ4n) is 3.40. The molecule has 0 bridgehead atoms. The van der Waals surface area contributed by atoms with Gasteiger partial charge < -0.3 is 10.8 Å². The minimum absolute atomic E-state index is 0.136. The highest BCUT2D eigenvalue weighted by Gasteiger charge is 2.52. The van der Waals surface area contributed by atoms with Gasteiger partial charge in [-0.2, -0.15) is 0 Å². The number of rotatable bonds is 3. The van der Waals surface area contributed by atoms with Gasteiger partial charge in [0.15, 0.2) is 0 Å². The minimum atomic E-state index is -0.577. The number of nitrogens with two attached hydrogens (primary N) is 1. The average molecular weight is 227 g/mol. The fraction of sp³-hybridized carbons (Fsp3) is 1.00.